The van der Waals surface area contributed by atoms with Crippen molar-refractivity contribution < 1.29 is 9.18 Å². The summed E-state index contributed by atoms with van der Waals surface area (Å²) in [5.74, 6) is -0.305. The molecule has 0 aliphatic carbocycles. The van der Waals surface area contributed by atoms with Crippen LogP contribution in [0.2, 0.25) is 5.02 Å². The molecule has 2 aromatic heterocycles. The van der Waals surface area contributed by atoms with E-state index in [9.17, 15) is 9.18 Å². The fourth-order valence-electron chi connectivity index (χ4n) is 1.61. The van der Waals surface area contributed by atoms with Crippen molar-refractivity contribution >= 4 is 35.1 Å². The highest BCUT2D eigenvalue weighted by Gasteiger charge is 2.18. The van der Waals surface area contributed by atoms with Gasteiger partial charge in [0.15, 0.2) is 5.13 Å². The van der Waals surface area contributed by atoms with Crippen LogP contribution in [0.15, 0.2) is 29.6 Å². The largest absolute Gasteiger partial charge is 0.271 e. The standard InChI is InChI=1S/C12H12ClFN4OS/c1-2-10(18-7-8(13)5-16-18)12(19)17-15-6-9-3-4-11(14)20-9/h3-7,10H,2H2,1H3,(H,17,19). The van der Waals surface area contributed by atoms with E-state index in [1.807, 2.05) is 6.92 Å². The van der Waals surface area contributed by atoms with Crippen molar-refractivity contribution in [2.45, 2.75) is 19.4 Å². The van der Waals surface area contributed by atoms with Gasteiger partial charge < -0.3 is 0 Å². The smallest absolute Gasteiger partial charge is 0.264 e. The van der Waals surface area contributed by atoms with Crippen molar-refractivity contribution in [3.8, 4) is 0 Å². The fraction of sp³-hybridized carbons (Fsp3) is 0.250. The number of thiophene rings is 1. The molecule has 0 saturated heterocycles. The number of carbonyl (C=O) groups excluding carboxylic acids is 1. The summed E-state index contributed by atoms with van der Waals surface area (Å²) in [4.78, 5) is 12.6. The summed E-state index contributed by atoms with van der Waals surface area (Å²) in [6.45, 7) is 1.86. The Labute approximate surface area is 124 Å². The highest BCUT2D eigenvalue weighted by Crippen LogP contribution is 2.14. The van der Waals surface area contributed by atoms with E-state index < -0.39 is 6.04 Å². The second-order valence-corrected chi connectivity index (χ2v) is 5.44. The normalized spacial score (nSPS) is 12.8. The molecule has 0 saturated carbocycles. The SMILES string of the molecule is CCC(C(=O)NN=Cc1ccc(F)s1)n1cc(Cl)cn1. The van der Waals surface area contributed by atoms with E-state index in [1.54, 1.807) is 12.3 Å². The van der Waals surface area contributed by atoms with E-state index in [2.05, 4.69) is 15.6 Å². The Morgan fingerprint density at radius 3 is 3.05 bits per heavy atom. The topological polar surface area (TPSA) is 59.3 Å². The first-order valence-electron chi connectivity index (χ1n) is 5.88. The summed E-state index contributed by atoms with van der Waals surface area (Å²) in [7, 11) is 0. The van der Waals surface area contributed by atoms with Gasteiger partial charge in [0, 0.05) is 6.20 Å². The third-order valence-corrected chi connectivity index (χ3v) is 3.54. The number of nitrogens with zero attached hydrogens (tertiary/aromatic N) is 3. The number of amides is 1. The quantitative estimate of drug-likeness (QED) is 0.681. The predicted molar refractivity (Wildman–Crippen MR) is 76.6 cm³/mol. The lowest BCUT2D eigenvalue weighted by molar-refractivity contribution is -0.124. The Hall–Kier alpha value is -1.73. The summed E-state index contributed by atoms with van der Waals surface area (Å²) in [6, 6.07) is 2.44. The zero-order chi connectivity index (χ0) is 14.5. The molecule has 0 aliphatic rings. The first-order chi connectivity index (χ1) is 9.60. The number of aromatic nitrogens is 2. The molecule has 20 heavy (non-hydrogen) atoms. The summed E-state index contributed by atoms with van der Waals surface area (Å²) in [5, 5.41) is 7.97. The van der Waals surface area contributed by atoms with E-state index >= 15 is 0 Å². The predicted octanol–water partition coefficient (Wildman–Crippen LogP) is 2.84. The van der Waals surface area contributed by atoms with Crippen molar-refractivity contribution in [2.24, 2.45) is 5.10 Å². The number of halogens is 2. The van der Waals surface area contributed by atoms with Crippen molar-refractivity contribution in [3.05, 3.63) is 39.6 Å². The summed E-state index contributed by atoms with van der Waals surface area (Å²) in [6.07, 6.45) is 4.99. The van der Waals surface area contributed by atoms with E-state index in [0.717, 1.165) is 11.3 Å². The highest BCUT2D eigenvalue weighted by atomic mass is 35.5. The van der Waals surface area contributed by atoms with Gasteiger partial charge in [-0.1, -0.05) is 18.5 Å². The molecule has 5 nitrogen and oxygen atoms in total. The molecule has 1 unspecified atom stereocenters. The minimum atomic E-state index is -0.486. The van der Waals surface area contributed by atoms with Crippen LogP contribution in [0, 0.1) is 5.13 Å². The maximum absolute atomic E-state index is 12.8. The van der Waals surface area contributed by atoms with Crippen molar-refractivity contribution in [3.63, 3.8) is 0 Å². The van der Waals surface area contributed by atoms with Crippen molar-refractivity contribution in [1.29, 1.82) is 0 Å². The Kier molecular flexibility index (Phi) is 4.86. The van der Waals surface area contributed by atoms with Crippen LogP contribution >= 0.6 is 22.9 Å². The zero-order valence-corrected chi connectivity index (χ0v) is 12.2. The molecular formula is C12H12ClFN4OS. The van der Waals surface area contributed by atoms with Gasteiger partial charge in [-0.25, -0.2) is 5.43 Å². The molecule has 0 aliphatic heterocycles. The molecule has 2 aromatic rings. The molecule has 2 rings (SSSR count). The van der Waals surface area contributed by atoms with Crippen LogP contribution in [0.5, 0.6) is 0 Å². The molecule has 1 N–H and O–H groups in total. The first kappa shape index (κ1) is 14.7. The van der Waals surface area contributed by atoms with Crippen LogP contribution in [0.4, 0.5) is 4.39 Å². The number of hydrogen-bond acceptors (Lipinski definition) is 4. The molecule has 0 radical (unpaired) electrons. The number of hydrazone groups is 1. The van der Waals surface area contributed by atoms with Crippen LogP contribution in [-0.2, 0) is 4.79 Å². The molecule has 8 heteroatoms. The Morgan fingerprint density at radius 2 is 2.50 bits per heavy atom. The van der Waals surface area contributed by atoms with Gasteiger partial charge in [-0.05, 0) is 18.6 Å². The average molecular weight is 315 g/mol. The lowest BCUT2D eigenvalue weighted by atomic mass is 10.2. The maximum Gasteiger partial charge on any atom is 0.264 e. The van der Waals surface area contributed by atoms with Gasteiger partial charge in [-0.3, -0.25) is 9.48 Å². The van der Waals surface area contributed by atoms with Crippen molar-refractivity contribution in [2.75, 3.05) is 0 Å². The van der Waals surface area contributed by atoms with Gasteiger partial charge in [0.1, 0.15) is 6.04 Å². The van der Waals surface area contributed by atoms with Crippen LogP contribution in [-0.4, -0.2) is 21.9 Å². The second-order valence-electron chi connectivity index (χ2n) is 3.94. The Bertz CT molecular complexity index is 625. The lowest BCUT2D eigenvalue weighted by Crippen LogP contribution is -2.29. The molecule has 0 aromatic carbocycles. The van der Waals surface area contributed by atoms with Gasteiger partial charge in [-0.2, -0.15) is 14.6 Å². The number of hydrogen-bond donors (Lipinski definition) is 1. The van der Waals surface area contributed by atoms with Crippen LogP contribution in [0.3, 0.4) is 0 Å². The second kappa shape index (κ2) is 6.62. The maximum atomic E-state index is 12.8. The molecule has 106 valence electrons. The molecule has 0 spiro atoms. The third kappa shape index (κ3) is 3.64. The third-order valence-electron chi connectivity index (χ3n) is 2.54. The molecular weight excluding hydrogens is 303 g/mol. The van der Waals surface area contributed by atoms with E-state index in [1.165, 1.54) is 23.2 Å². The minimum Gasteiger partial charge on any atom is -0.271 e. The van der Waals surface area contributed by atoms with Gasteiger partial charge in [0.05, 0.1) is 22.3 Å². The summed E-state index contributed by atoms with van der Waals surface area (Å²) >= 11 is 6.73. The molecule has 1 amide bonds. The molecule has 1 atom stereocenters. The van der Waals surface area contributed by atoms with Gasteiger partial charge in [0.2, 0.25) is 0 Å². The average Bonchev–Trinajstić information content (AvgIpc) is 3.00. The summed E-state index contributed by atoms with van der Waals surface area (Å²) in [5.41, 5.74) is 2.41. The number of nitrogens with one attached hydrogen (secondary N) is 1. The zero-order valence-electron chi connectivity index (χ0n) is 10.6. The van der Waals surface area contributed by atoms with Crippen LogP contribution in [0.1, 0.15) is 24.3 Å². The fourth-order valence-corrected chi connectivity index (χ4v) is 2.36. The Balaban J connectivity index is 1.98. The van der Waals surface area contributed by atoms with Crippen molar-refractivity contribution in [1.82, 2.24) is 15.2 Å². The van der Waals surface area contributed by atoms with E-state index in [4.69, 9.17) is 11.6 Å². The highest BCUT2D eigenvalue weighted by molar-refractivity contribution is 7.12. The van der Waals surface area contributed by atoms with Gasteiger partial charge >= 0.3 is 0 Å². The Morgan fingerprint density at radius 1 is 1.70 bits per heavy atom. The van der Waals surface area contributed by atoms with Gasteiger partial charge in [0.25, 0.3) is 5.91 Å². The van der Waals surface area contributed by atoms with E-state index in [-0.39, 0.29) is 11.0 Å². The molecule has 0 bridgehead atoms. The molecule has 0 fully saturated rings. The van der Waals surface area contributed by atoms with Crippen LogP contribution in [0.25, 0.3) is 0 Å². The monoisotopic (exact) mass is 314 g/mol. The number of carbonyl (C=O) groups is 1. The summed E-state index contributed by atoms with van der Waals surface area (Å²) < 4.78 is 14.2. The van der Waals surface area contributed by atoms with Gasteiger partial charge in [-0.15, -0.1) is 11.3 Å². The number of rotatable bonds is 5. The lowest BCUT2D eigenvalue weighted by Gasteiger charge is -2.12. The first-order valence-corrected chi connectivity index (χ1v) is 7.07. The van der Waals surface area contributed by atoms with E-state index in [0.29, 0.717) is 16.3 Å². The van der Waals surface area contributed by atoms with Crippen LogP contribution < -0.4 is 5.43 Å². The molecule has 2 heterocycles. The minimum absolute atomic E-state index is 0.296.